The van der Waals surface area contributed by atoms with Gasteiger partial charge in [-0.15, -0.1) is 0 Å². The Kier molecular flexibility index (Phi) is 5.82. The average Bonchev–Trinajstić information content (AvgIpc) is 3.02. The second-order valence-corrected chi connectivity index (χ2v) is 6.51. The van der Waals surface area contributed by atoms with Crippen LogP contribution in [0.5, 0.6) is 5.75 Å². The number of nitrogens with one attached hydrogen (secondary N) is 1. The molecule has 8 heteroatoms. The third-order valence-corrected chi connectivity index (χ3v) is 3.98. The lowest BCUT2D eigenvalue weighted by Crippen LogP contribution is -2.18. The SMILES string of the molecule is Cc1onc(-c2ccc(-c3ccc(OC(=O)O)cc3)cc2)c1NC(=O)OC(C)C. The number of amides is 1. The van der Waals surface area contributed by atoms with Gasteiger partial charge in [-0.3, -0.25) is 5.32 Å². The number of ether oxygens (including phenoxy) is 2. The summed E-state index contributed by atoms with van der Waals surface area (Å²) in [6.45, 7) is 5.23. The molecule has 1 aromatic heterocycles. The summed E-state index contributed by atoms with van der Waals surface area (Å²) in [6.07, 6.45) is -2.18. The third-order valence-electron chi connectivity index (χ3n) is 3.98. The number of hydrogen-bond acceptors (Lipinski definition) is 6. The highest BCUT2D eigenvalue weighted by Gasteiger charge is 2.18. The van der Waals surface area contributed by atoms with Gasteiger partial charge in [0.25, 0.3) is 0 Å². The van der Waals surface area contributed by atoms with Crippen molar-refractivity contribution in [1.29, 1.82) is 0 Å². The number of carboxylic acid groups (broad SMARTS) is 1. The fraction of sp³-hybridized carbons (Fsp3) is 0.190. The first-order valence-corrected chi connectivity index (χ1v) is 8.89. The number of anilines is 1. The van der Waals surface area contributed by atoms with Crippen molar-refractivity contribution in [2.75, 3.05) is 5.32 Å². The first-order chi connectivity index (χ1) is 13.8. The van der Waals surface area contributed by atoms with Gasteiger partial charge in [-0.2, -0.15) is 0 Å². The van der Waals surface area contributed by atoms with E-state index < -0.39 is 12.2 Å². The Morgan fingerprint density at radius 3 is 2.10 bits per heavy atom. The van der Waals surface area contributed by atoms with Crippen molar-refractivity contribution in [2.24, 2.45) is 0 Å². The molecule has 0 atom stereocenters. The molecule has 0 aliphatic rings. The maximum atomic E-state index is 11.9. The summed E-state index contributed by atoms with van der Waals surface area (Å²) < 4.78 is 15.0. The molecule has 0 bridgehead atoms. The summed E-state index contributed by atoms with van der Waals surface area (Å²) >= 11 is 0. The van der Waals surface area contributed by atoms with Gasteiger partial charge in [-0.1, -0.05) is 41.6 Å². The van der Waals surface area contributed by atoms with E-state index in [1.807, 2.05) is 24.3 Å². The standard InChI is InChI=1S/C21H20N2O6/c1-12(2)27-20(24)22-18-13(3)29-23-19(18)16-6-4-14(5-7-16)15-8-10-17(11-9-15)28-21(25)26/h4-12H,1-3H3,(H,22,24)(H,25,26). The van der Waals surface area contributed by atoms with Crippen molar-refractivity contribution < 1.29 is 28.7 Å². The van der Waals surface area contributed by atoms with Gasteiger partial charge in [0, 0.05) is 5.56 Å². The maximum absolute atomic E-state index is 11.9. The molecule has 3 aromatic rings. The molecule has 3 rings (SSSR count). The molecular weight excluding hydrogens is 376 g/mol. The number of carbonyl (C=O) groups is 2. The van der Waals surface area contributed by atoms with E-state index in [9.17, 15) is 9.59 Å². The van der Waals surface area contributed by atoms with Crippen LogP contribution in [0.25, 0.3) is 22.4 Å². The van der Waals surface area contributed by atoms with Crippen LogP contribution in [0.2, 0.25) is 0 Å². The lowest BCUT2D eigenvalue weighted by atomic mass is 10.0. The Hall–Kier alpha value is -3.81. The first kappa shape index (κ1) is 19.9. The van der Waals surface area contributed by atoms with Gasteiger partial charge in [0.05, 0.1) is 6.10 Å². The molecule has 150 valence electrons. The van der Waals surface area contributed by atoms with Gasteiger partial charge >= 0.3 is 12.2 Å². The lowest BCUT2D eigenvalue weighted by Gasteiger charge is -2.10. The summed E-state index contributed by atoms with van der Waals surface area (Å²) in [5.41, 5.74) is 3.53. The van der Waals surface area contributed by atoms with Crippen LogP contribution >= 0.6 is 0 Å². The number of benzene rings is 2. The van der Waals surface area contributed by atoms with Crippen LogP contribution in [-0.2, 0) is 4.74 Å². The Bertz CT molecular complexity index is 1010. The second kappa shape index (κ2) is 8.47. The second-order valence-electron chi connectivity index (χ2n) is 6.51. The fourth-order valence-electron chi connectivity index (χ4n) is 2.70. The predicted molar refractivity (Wildman–Crippen MR) is 106 cm³/mol. The average molecular weight is 396 g/mol. The maximum Gasteiger partial charge on any atom is 0.511 e. The quantitative estimate of drug-likeness (QED) is 0.443. The smallest absolute Gasteiger partial charge is 0.449 e. The Balaban J connectivity index is 1.80. The van der Waals surface area contributed by atoms with Crippen LogP contribution in [0.4, 0.5) is 15.3 Å². The fourth-order valence-corrected chi connectivity index (χ4v) is 2.70. The molecule has 8 nitrogen and oxygen atoms in total. The molecule has 0 aliphatic heterocycles. The van der Waals surface area contributed by atoms with Crippen molar-refractivity contribution in [3.63, 3.8) is 0 Å². The van der Waals surface area contributed by atoms with Gasteiger partial charge in [0.1, 0.15) is 17.1 Å². The number of carbonyl (C=O) groups excluding carboxylic acids is 1. The lowest BCUT2D eigenvalue weighted by molar-refractivity contribution is 0.130. The number of rotatable bonds is 5. The van der Waals surface area contributed by atoms with Crippen molar-refractivity contribution in [2.45, 2.75) is 26.9 Å². The minimum absolute atomic E-state index is 0.245. The van der Waals surface area contributed by atoms with Crippen LogP contribution in [0.15, 0.2) is 53.1 Å². The van der Waals surface area contributed by atoms with Crippen LogP contribution in [0.3, 0.4) is 0 Å². The Morgan fingerprint density at radius 1 is 1.00 bits per heavy atom. The highest BCUT2D eigenvalue weighted by atomic mass is 16.7. The zero-order valence-corrected chi connectivity index (χ0v) is 16.1. The number of hydrogen-bond donors (Lipinski definition) is 2. The number of nitrogens with zero attached hydrogens (tertiary/aromatic N) is 1. The van der Waals surface area contributed by atoms with Crippen molar-refractivity contribution in [3.05, 3.63) is 54.3 Å². The van der Waals surface area contributed by atoms with E-state index in [0.29, 0.717) is 17.1 Å². The molecule has 2 N–H and O–H groups in total. The van der Waals surface area contributed by atoms with Crippen LogP contribution in [-0.4, -0.2) is 28.6 Å². The zero-order valence-electron chi connectivity index (χ0n) is 16.1. The van der Waals surface area contributed by atoms with E-state index >= 15 is 0 Å². The molecule has 1 amide bonds. The molecule has 2 aromatic carbocycles. The Labute approximate surface area is 167 Å². The predicted octanol–water partition coefficient (Wildman–Crippen LogP) is 5.33. The molecule has 0 saturated heterocycles. The minimum Gasteiger partial charge on any atom is -0.449 e. The van der Waals surface area contributed by atoms with Gasteiger partial charge in [-0.25, -0.2) is 9.59 Å². The molecule has 0 spiro atoms. The zero-order chi connectivity index (χ0) is 21.0. The monoisotopic (exact) mass is 396 g/mol. The van der Waals surface area contributed by atoms with Gasteiger partial charge < -0.3 is 19.1 Å². The summed E-state index contributed by atoms with van der Waals surface area (Å²) in [5.74, 6) is 0.721. The summed E-state index contributed by atoms with van der Waals surface area (Å²) in [5, 5.41) is 15.4. The molecular formula is C21H20N2O6. The van der Waals surface area contributed by atoms with E-state index in [-0.39, 0.29) is 11.9 Å². The topological polar surface area (TPSA) is 111 Å². The Morgan fingerprint density at radius 2 is 1.55 bits per heavy atom. The van der Waals surface area contributed by atoms with E-state index in [4.69, 9.17) is 14.4 Å². The van der Waals surface area contributed by atoms with Crippen LogP contribution in [0.1, 0.15) is 19.6 Å². The molecule has 0 unspecified atom stereocenters. The third kappa shape index (κ3) is 4.92. The van der Waals surface area contributed by atoms with E-state index in [0.717, 1.165) is 16.7 Å². The molecule has 0 aliphatic carbocycles. The van der Waals surface area contributed by atoms with Gasteiger partial charge in [-0.05, 0) is 44.0 Å². The first-order valence-electron chi connectivity index (χ1n) is 8.89. The van der Waals surface area contributed by atoms with Crippen LogP contribution < -0.4 is 10.1 Å². The van der Waals surface area contributed by atoms with Crippen LogP contribution in [0, 0.1) is 6.92 Å². The molecule has 1 heterocycles. The molecule has 0 fully saturated rings. The van der Waals surface area contributed by atoms with E-state index in [2.05, 4.69) is 15.2 Å². The normalized spacial score (nSPS) is 10.6. The van der Waals surface area contributed by atoms with Gasteiger partial charge in [0.15, 0.2) is 5.76 Å². The highest BCUT2D eigenvalue weighted by Crippen LogP contribution is 2.32. The molecule has 0 radical (unpaired) electrons. The van der Waals surface area contributed by atoms with Crippen molar-refractivity contribution in [3.8, 4) is 28.1 Å². The number of aromatic nitrogens is 1. The minimum atomic E-state index is -1.35. The van der Waals surface area contributed by atoms with Crippen molar-refractivity contribution >= 4 is 17.9 Å². The highest BCUT2D eigenvalue weighted by molar-refractivity contribution is 5.91. The summed E-state index contributed by atoms with van der Waals surface area (Å²) in [6, 6.07) is 14.2. The van der Waals surface area contributed by atoms with E-state index in [1.54, 1.807) is 45.0 Å². The van der Waals surface area contributed by atoms with E-state index in [1.165, 1.54) is 0 Å². The summed E-state index contributed by atoms with van der Waals surface area (Å²) in [4.78, 5) is 22.5. The number of aryl methyl sites for hydroxylation is 1. The largest absolute Gasteiger partial charge is 0.511 e. The molecule has 0 saturated carbocycles. The summed E-state index contributed by atoms with van der Waals surface area (Å²) in [7, 11) is 0. The van der Waals surface area contributed by atoms with Crippen molar-refractivity contribution in [1.82, 2.24) is 5.16 Å². The molecule has 29 heavy (non-hydrogen) atoms. The van der Waals surface area contributed by atoms with Gasteiger partial charge in [0.2, 0.25) is 0 Å².